The lowest BCUT2D eigenvalue weighted by Gasteiger charge is -2.09. The van der Waals surface area contributed by atoms with Gasteiger partial charge in [-0.05, 0) is 55.3 Å². The average molecular weight is 233 g/mol. The molecule has 2 N–H and O–H groups in total. The lowest BCUT2D eigenvalue weighted by Crippen LogP contribution is -1.98. The predicted octanol–water partition coefficient (Wildman–Crippen LogP) is 3.87. The van der Waals surface area contributed by atoms with Crippen LogP contribution < -0.4 is 5.73 Å². The molecule has 0 radical (unpaired) electrons. The summed E-state index contributed by atoms with van der Waals surface area (Å²) >= 11 is 0. The molecule has 17 heavy (non-hydrogen) atoms. The molecule has 1 aromatic carbocycles. The van der Waals surface area contributed by atoms with Gasteiger partial charge in [0.05, 0.1) is 0 Å². The van der Waals surface area contributed by atoms with Gasteiger partial charge in [-0.3, -0.25) is 0 Å². The fraction of sp³-hybridized carbons (Fsp3) is 0.625. The maximum Gasteiger partial charge on any atom is -0.00773 e. The van der Waals surface area contributed by atoms with Crippen LogP contribution in [0.15, 0.2) is 18.2 Å². The van der Waals surface area contributed by atoms with E-state index in [0.717, 1.165) is 19.4 Å². The van der Waals surface area contributed by atoms with Crippen molar-refractivity contribution in [3.8, 4) is 0 Å². The van der Waals surface area contributed by atoms with Crippen LogP contribution in [0.2, 0.25) is 0 Å². The molecule has 0 atom stereocenters. The highest BCUT2D eigenvalue weighted by molar-refractivity contribution is 5.32. The molecule has 0 aliphatic carbocycles. The molecule has 0 bridgehead atoms. The van der Waals surface area contributed by atoms with Crippen molar-refractivity contribution >= 4 is 0 Å². The van der Waals surface area contributed by atoms with Crippen molar-refractivity contribution < 1.29 is 0 Å². The first-order chi connectivity index (χ1) is 8.31. The highest BCUT2D eigenvalue weighted by atomic mass is 14.5. The molecule has 1 rings (SSSR count). The highest BCUT2D eigenvalue weighted by Crippen LogP contribution is 2.16. The molecule has 0 spiro atoms. The van der Waals surface area contributed by atoms with Crippen molar-refractivity contribution in [3.05, 3.63) is 34.9 Å². The molecule has 1 nitrogen and oxygen atoms in total. The molecule has 0 fully saturated rings. The van der Waals surface area contributed by atoms with Gasteiger partial charge in [-0.25, -0.2) is 0 Å². The van der Waals surface area contributed by atoms with E-state index in [4.69, 9.17) is 5.73 Å². The van der Waals surface area contributed by atoms with Crippen LogP contribution in [-0.4, -0.2) is 6.54 Å². The summed E-state index contributed by atoms with van der Waals surface area (Å²) in [5, 5.41) is 0. The van der Waals surface area contributed by atoms with Crippen molar-refractivity contribution in [2.75, 3.05) is 6.54 Å². The first-order valence-corrected chi connectivity index (χ1v) is 7.12. The third-order valence-corrected chi connectivity index (χ3v) is 3.45. The van der Waals surface area contributed by atoms with Crippen LogP contribution >= 0.6 is 0 Å². The average Bonchev–Trinajstić information content (AvgIpc) is 2.38. The molecule has 0 saturated heterocycles. The van der Waals surface area contributed by atoms with Crippen molar-refractivity contribution in [2.24, 2.45) is 5.73 Å². The summed E-state index contributed by atoms with van der Waals surface area (Å²) in [6.07, 6.45) is 8.60. The van der Waals surface area contributed by atoms with Gasteiger partial charge in [-0.1, -0.05) is 44.9 Å². The number of aryl methyl sites for hydroxylation is 3. The first-order valence-electron chi connectivity index (χ1n) is 7.12. The first kappa shape index (κ1) is 14.2. The van der Waals surface area contributed by atoms with Crippen LogP contribution in [0.3, 0.4) is 0 Å². The van der Waals surface area contributed by atoms with E-state index in [-0.39, 0.29) is 0 Å². The summed E-state index contributed by atoms with van der Waals surface area (Å²) < 4.78 is 0. The minimum Gasteiger partial charge on any atom is -0.330 e. The second-order valence-corrected chi connectivity index (χ2v) is 4.76. The number of hydrogen-bond acceptors (Lipinski definition) is 1. The van der Waals surface area contributed by atoms with E-state index >= 15 is 0 Å². The quantitative estimate of drug-likeness (QED) is 0.678. The molecule has 0 amide bonds. The molecule has 0 aliphatic heterocycles. The Morgan fingerprint density at radius 1 is 0.882 bits per heavy atom. The molecular formula is C16H27N. The zero-order chi connectivity index (χ0) is 12.5. The standard InChI is InChI=1S/C16H27N/c1-3-15-11-10-14(13-16(15)4-2)9-7-5-6-8-12-17/h10-11,13H,3-9,12,17H2,1-2H3. The molecule has 96 valence electrons. The SMILES string of the molecule is CCc1ccc(CCCCCCN)cc1CC. The fourth-order valence-electron chi connectivity index (χ4n) is 2.34. The van der Waals surface area contributed by atoms with Crippen LogP contribution in [0, 0.1) is 0 Å². The largest absolute Gasteiger partial charge is 0.330 e. The van der Waals surface area contributed by atoms with Crippen molar-refractivity contribution in [1.82, 2.24) is 0 Å². The van der Waals surface area contributed by atoms with Crippen LogP contribution in [0.5, 0.6) is 0 Å². The lowest BCUT2D eigenvalue weighted by atomic mass is 9.97. The van der Waals surface area contributed by atoms with Gasteiger partial charge in [0.1, 0.15) is 0 Å². The number of nitrogens with two attached hydrogens (primary N) is 1. The van der Waals surface area contributed by atoms with E-state index in [1.807, 2.05) is 0 Å². The van der Waals surface area contributed by atoms with E-state index in [1.165, 1.54) is 48.8 Å². The molecule has 1 aromatic rings. The maximum atomic E-state index is 5.49. The smallest absolute Gasteiger partial charge is 0.00773 e. The van der Waals surface area contributed by atoms with Crippen molar-refractivity contribution in [2.45, 2.75) is 58.8 Å². The minimum atomic E-state index is 0.838. The molecule has 0 saturated carbocycles. The van der Waals surface area contributed by atoms with Crippen LogP contribution in [0.4, 0.5) is 0 Å². The third-order valence-electron chi connectivity index (χ3n) is 3.45. The molecule has 0 aliphatic rings. The number of hydrogen-bond donors (Lipinski definition) is 1. The van der Waals surface area contributed by atoms with E-state index < -0.39 is 0 Å². The predicted molar refractivity (Wildman–Crippen MR) is 76.4 cm³/mol. The Balaban J connectivity index is 2.43. The van der Waals surface area contributed by atoms with Crippen LogP contribution in [-0.2, 0) is 19.3 Å². The van der Waals surface area contributed by atoms with Crippen molar-refractivity contribution in [3.63, 3.8) is 0 Å². The Hall–Kier alpha value is -0.820. The van der Waals surface area contributed by atoms with E-state index in [0.29, 0.717) is 0 Å². The summed E-state index contributed by atoms with van der Waals surface area (Å²) in [5.74, 6) is 0. The Morgan fingerprint density at radius 2 is 1.59 bits per heavy atom. The van der Waals surface area contributed by atoms with Gasteiger partial charge in [-0.15, -0.1) is 0 Å². The summed E-state index contributed by atoms with van der Waals surface area (Å²) in [6.45, 7) is 5.33. The molecule has 0 unspecified atom stereocenters. The van der Waals surface area contributed by atoms with Gasteiger partial charge >= 0.3 is 0 Å². The fourth-order valence-corrected chi connectivity index (χ4v) is 2.34. The Morgan fingerprint density at radius 3 is 2.24 bits per heavy atom. The molecular weight excluding hydrogens is 206 g/mol. The number of benzene rings is 1. The Kier molecular flexibility index (Phi) is 6.95. The second-order valence-electron chi connectivity index (χ2n) is 4.76. The molecule has 1 heteroatoms. The number of unbranched alkanes of at least 4 members (excludes halogenated alkanes) is 3. The monoisotopic (exact) mass is 233 g/mol. The lowest BCUT2D eigenvalue weighted by molar-refractivity contribution is 0.646. The normalized spacial score (nSPS) is 10.8. The van der Waals surface area contributed by atoms with Crippen LogP contribution in [0.1, 0.15) is 56.2 Å². The Labute approximate surface area is 106 Å². The van der Waals surface area contributed by atoms with E-state index in [2.05, 4.69) is 32.0 Å². The third kappa shape index (κ3) is 4.91. The van der Waals surface area contributed by atoms with Gasteiger partial charge < -0.3 is 5.73 Å². The maximum absolute atomic E-state index is 5.49. The summed E-state index contributed by atoms with van der Waals surface area (Å²) in [5.41, 5.74) is 10.0. The van der Waals surface area contributed by atoms with Gasteiger partial charge in [0, 0.05) is 0 Å². The second kappa shape index (κ2) is 8.30. The highest BCUT2D eigenvalue weighted by Gasteiger charge is 2.01. The van der Waals surface area contributed by atoms with Crippen LogP contribution in [0.25, 0.3) is 0 Å². The van der Waals surface area contributed by atoms with Gasteiger partial charge in [-0.2, -0.15) is 0 Å². The molecule has 0 heterocycles. The summed E-state index contributed by atoms with van der Waals surface area (Å²) in [7, 11) is 0. The van der Waals surface area contributed by atoms with E-state index in [9.17, 15) is 0 Å². The molecule has 0 aromatic heterocycles. The van der Waals surface area contributed by atoms with Crippen molar-refractivity contribution in [1.29, 1.82) is 0 Å². The van der Waals surface area contributed by atoms with E-state index in [1.54, 1.807) is 0 Å². The van der Waals surface area contributed by atoms with Gasteiger partial charge in [0.2, 0.25) is 0 Å². The van der Waals surface area contributed by atoms with Gasteiger partial charge in [0.15, 0.2) is 0 Å². The summed E-state index contributed by atoms with van der Waals surface area (Å²) in [6, 6.07) is 7.02. The number of rotatable bonds is 8. The minimum absolute atomic E-state index is 0.838. The zero-order valence-corrected chi connectivity index (χ0v) is 11.5. The zero-order valence-electron chi connectivity index (χ0n) is 11.5. The topological polar surface area (TPSA) is 26.0 Å². The summed E-state index contributed by atoms with van der Waals surface area (Å²) in [4.78, 5) is 0. The van der Waals surface area contributed by atoms with Gasteiger partial charge in [0.25, 0.3) is 0 Å². The Bertz CT molecular complexity index is 317.